The summed E-state index contributed by atoms with van der Waals surface area (Å²) in [5, 5.41) is 5.22. The number of alkyl halides is 3. The Morgan fingerprint density at radius 3 is 2.52 bits per heavy atom. The summed E-state index contributed by atoms with van der Waals surface area (Å²) >= 11 is 0. The van der Waals surface area contributed by atoms with Gasteiger partial charge >= 0.3 is 6.18 Å². The average molecular weight is 486 g/mol. The van der Waals surface area contributed by atoms with E-state index in [0.717, 1.165) is 24.8 Å². The number of unbranched alkanes of at least 4 members (excludes halogenated alkanes) is 1. The van der Waals surface area contributed by atoms with Crippen LogP contribution in [0.3, 0.4) is 0 Å². The molecule has 1 heterocycles. The number of rotatable bonds is 9. The Kier molecular flexibility index (Phi) is 8.27. The van der Waals surface area contributed by atoms with Gasteiger partial charge in [-0.3, -0.25) is 9.52 Å². The minimum Gasteiger partial charge on any atom is -0.369 e. The van der Waals surface area contributed by atoms with Crippen LogP contribution in [0, 0.1) is 18.2 Å². The number of amides is 1. The fraction of sp³-hybridized carbons (Fsp3) is 0.333. The number of terminal acetylenes is 1. The number of benzene rings is 1. The van der Waals surface area contributed by atoms with Gasteiger partial charge in [0.25, 0.3) is 5.91 Å². The number of pyridine rings is 1. The van der Waals surface area contributed by atoms with E-state index in [4.69, 9.17) is 6.42 Å². The first-order valence-corrected chi connectivity index (χ1v) is 11.6. The standard InChI is InChI=1S/C21H22F4N4O3S/c1-4-6-9-26-19-15(7-8-17(28-19)21(23,24)25)20(30)27-12-13-10-14(5-2)18(16(22)11-13)29-33(3,31)32/h2,7-8,10-11,29H,4,6,9,12H2,1,3H3,(H,26,28)(H,27,30). The predicted molar refractivity (Wildman–Crippen MR) is 117 cm³/mol. The lowest BCUT2D eigenvalue weighted by Crippen LogP contribution is -2.25. The third kappa shape index (κ3) is 7.35. The quantitative estimate of drug-likeness (QED) is 0.285. The van der Waals surface area contributed by atoms with Crippen LogP contribution in [0.15, 0.2) is 24.3 Å². The molecule has 33 heavy (non-hydrogen) atoms. The monoisotopic (exact) mass is 486 g/mol. The van der Waals surface area contributed by atoms with Crippen LogP contribution in [0.4, 0.5) is 29.1 Å². The molecule has 0 saturated carbocycles. The summed E-state index contributed by atoms with van der Waals surface area (Å²) in [4.78, 5) is 16.2. The zero-order valence-corrected chi connectivity index (χ0v) is 18.6. The first-order valence-electron chi connectivity index (χ1n) is 9.72. The first-order chi connectivity index (χ1) is 15.4. The minimum atomic E-state index is -4.68. The summed E-state index contributed by atoms with van der Waals surface area (Å²) in [5.74, 6) is 0.262. The highest BCUT2D eigenvalue weighted by molar-refractivity contribution is 7.92. The molecule has 178 valence electrons. The Hall–Kier alpha value is -3.33. The zero-order chi connectivity index (χ0) is 24.8. The molecule has 3 N–H and O–H groups in total. The predicted octanol–water partition coefficient (Wildman–Crippen LogP) is 3.73. The fourth-order valence-electron chi connectivity index (χ4n) is 2.76. The maximum absolute atomic E-state index is 14.4. The molecule has 0 aliphatic rings. The summed E-state index contributed by atoms with van der Waals surface area (Å²) in [6, 6.07) is 4.00. The minimum absolute atomic E-state index is 0.0807. The van der Waals surface area contributed by atoms with Crippen LogP contribution in [-0.2, 0) is 22.7 Å². The summed E-state index contributed by atoms with van der Waals surface area (Å²) in [6.45, 7) is 1.99. The van der Waals surface area contributed by atoms with Crippen molar-refractivity contribution in [2.24, 2.45) is 0 Å². The number of hydrogen-bond acceptors (Lipinski definition) is 5. The number of carbonyl (C=O) groups excluding carboxylic acids is 1. The second-order valence-corrected chi connectivity index (χ2v) is 8.82. The van der Waals surface area contributed by atoms with Crippen LogP contribution in [0.25, 0.3) is 0 Å². The first kappa shape index (κ1) is 25.9. The van der Waals surface area contributed by atoms with E-state index in [1.165, 1.54) is 6.07 Å². The number of hydrogen-bond donors (Lipinski definition) is 3. The maximum atomic E-state index is 14.4. The van der Waals surface area contributed by atoms with E-state index < -0.39 is 39.3 Å². The molecule has 0 aliphatic carbocycles. The van der Waals surface area contributed by atoms with Gasteiger partial charge in [-0.25, -0.2) is 17.8 Å². The Morgan fingerprint density at radius 2 is 1.94 bits per heavy atom. The van der Waals surface area contributed by atoms with E-state index in [1.54, 1.807) is 0 Å². The van der Waals surface area contributed by atoms with Crippen LogP contribution in [-0.4, -0.2) is 32.1 Å². The number of anilines is 2. The largest absolute Gasteiger partial charge is 0.433 e. The van der Waals surface area contributed by atoms with Gasteiger partial charge in [0, 0.05) is 13.1 Å². The summed E-state index contributed by atoms with van der Waals surface area (Å²) in [7, 11) is -3.78. The van der Waals surface area contributed by atoms with Crippen molar-refractivity contribution in [3.8, 4) is 12.3 Å². The van der Waals surface area contributed by atoms with Gasteiger partial charge in [0.15, 0.2) is 0 Å². The molecule has 0 atom stereocenters. The van der Waals surface area contributed by atoms with Crippen molar-refractivity contribution in [2.75, 3.05) is 22.8 Å². The number of halogens is 4. The molecule has 7 nitrogen and oxygen atoms in total. The van der Waals surface area contributed by atoms with E-state index in [9.17, 15) is 30.8 Å². The van der Waals surface area contributed by atoms with Gasteiger partial charge in [-0.2, -0.15) is 13.2 Å². The highest BCUT2D eigenvalue weighted by Gasteiger charge is 2.33. The molecule has 1 aromatic carbocycles. The Balaban J connectivity index is 2.26. The van der Waals surface area contributed by atoms with E-state index >= 15 is 0 Å². The number of nitrogens with zero attached hydrogens (tertiary/aromatic N) is 1. The molecule has 0 bridgehead atoms. The van der Waals surface area contributed by atoms with Crippen LogP contribution < -0.4 is 15.4 Å². The third-order valence-electron chi connectivity index (χ3n) is 4.30. The van der Waals surface area contributed by atoms with E-state index in [2.05, 4.69) is 21.5 Å². The van der Waals surface area contributed by atoms with E-state index in [1.807, 2.05) is 11.6 Å². The third-order valence-corrected chi connectivity index (χ3v) is 4.87. The van der Waals surface area contributed by atoms with Crippen molar-refractivity contribution in [1.29, 1.82) is 0 Å². The van der Waals surface area contributed by atoms with Gasteiger partial charge < -0.3 is 10.6 Å². The smallest absolute Gasteiger partial charge is 0.369 e. The molecule has 2 aromatic rings. The molecule has 0 spiro atoms. The SMILES string of the molecule is C#Cc1cc(CNC(=O)c2ccc(C(F)(F)F)nc2NCCCC)cc(F)c1NS(C)(=O)=O. The van der Waals surface area contributed by atoms with Crippen molar-refractivity contribution in [1.82, 2.24) is 10.3 Å². The van der Waals surface area contributed by atoms with E-state index in [-0.39, 0.29) is 29.1 Å². The van der Waals surface area contributed by atoms with Gasteiger partial charge in [-0.1, -0.05) is 19.3 Å². The number of aromatic nitrogens is 1. The molecule has 2 rings (SSSR count). The topological polar surface area (TPSA) is 100 Å². The lowest BCUT2D eigenvalue weighted by Gasteiger charge is -2.15. The summed E-state index contributed by atoms with van der Waals surface area (Å²) in [5.41, 5.74) is -1.53. The summed E-state index contributed by atoms with van der Waals surface area (Å²) < 4.78 is 78.3. The van der Waals surface area contributed by atoms with E-state index in [0.29, 0.717) is 19.0 Å². The average Bonchev–Trinajstić information content (AvgIpc) is 2.72. The molecular weight excluding hydrogens is 464 g/mol. The molecule has 12 heteroatoms. The molecule has 0 aliphatic heterocycles. The molecule has 0 unspecified atom stereocenters. The molecule has 1 amide bonds. The lowest BCUT2D eigenvalue weighted by atomic mass is 10.1. The van der Waals surface area contributed by atoms with Crippen LogP contribution in [0.2, 0.25) is 0 Å². The van der Waals surface area contributed by atoms with Crippen molar-refractivity contribution in [3.63, 3.8) is 0 Å². The van der Waals surface area contributed by atoms with Crippen molar-refractivity contribution >= 4 is 27.4 Å². The molecule has 0 radical (unpaired) electrons. The van der Waals surface area contributed by atoms with Gasteiger partial charge in [0.2, 0.25) is 10.0 Å². The molecular formula is C21H22F4N4O3S. The fourth-order valence-corrected chi connectivity index (χ4v) is 3.34. The zero-order valence-electron chi connectivity index (χ0n) is 17.8. The second-order valence-electron chi connectivity index (χ2n) is 7.07. The molecule has 1 aromatic heterocycles. The Bertz CT molecular complexity index is 1180. The lowest BCUT2D eigenvalue weighted by molar-refractivity contribution is -0.141. The van der Waals surface area contributed by atoms with Gasteiger partial charge in [0.1, 0.15) is 17.3 Å². The van der Waals surface area contributed by atoms with Crippen molar-refractivity contribution < 1.29 is 30.8 Å². The highest BCUT2D eigenvalue weighted by atomic mass is 32.2. The van der Waals surface area contributed by atoms with Crippen molar-refractivity contribution in [3.05, 3.63) is 52.5 Å². The van der Waals surface area contributed by atoms with Crippen LogP contribution in [0.1, 0.15) is 46.9 Å². The number of sulfonamides is 1. The maximum Gasteiger partial charge on any atom is 0.433 e. The van der Waals surface area contributed by atoms with Crippen molar-refractivity contribution in [2.45, 2.75) is 32.5 Å². The normalized spacial score (nSPS) is 11.5. The number of carbonyl (C=O) groups is 1. The van der Waals surface area contributed by atoms with Crippen LogP contribution >= 0.6 is 0 Å². The van der Waals surface area contributed by atoms with Gasteiger partial charge in [-0.15, -0.1) is 6.42 Å². The van der Waals surface area contributed by atoms with Gasteiger partial charge in [0.05, 0.1) is 23.1 Å². The molecule has 0 saturated heterocycles. The van der Waals surface area contributed by atoms with Crippen LogP contribution in [0.5, 0.6) is 0 Å². The highest BCUT2D eigenvalue weighted by Crippen LogP contribution is 2.29. The summed E-state index contributed by atoms with van der Waals surface area (Å²) in [6.07, 6.45) is 2.93. The van der Waals surface area contributed by atoms with Gasteiger partial charge in [-0.05, 0) is 36.2 Å². The Labute approximate surface area is 189 Å². The number of nitrogens with one attached hydrogen (secondary N) is 3. The Morgan fingerprint density at radius 1 is 1.24 bits per heavy atom. The second kappa shape index (κ2) is 10.5. The molecule has 0 fully saturated rings.